The maximum Gasteiger partial charge on any atom is 0.161 e. The Labute approximate surface area is 76.1 Å². The normalized spacial score (nSPS) is 17.1. The molecule has 1 aliphatic rings. The number of para-hydroxylation sites is 2. The van der Waals surface area contributed by atoms with Gasteiger partial charge in [-0.05, 0) is 12.1 Å². The van der Waals surface area contributed by atoms with Crippen molar-refractivity contribution in [3.63, 3.8) is 0 Å². The lowest BCUT2D eigenvalue weighted by Gasteiger charge is -2.04. The van der Waals surface area contributed by atoms with E-state index in [1.54, 1.807) is 0 Å². The zero-order valence-electron chi connectivity index (χ0n) is 6.50. The average molecular weight is 185 g/mol. The molecule has 0 saturated heterocycles. The van der Waals surface area contributed by atoms with Crippen molar-refractivity contribution in [3.8, 4) is 11.5 Å². The molecule has 12 heavy (non-hydrogen) atoms. The van der Waals surface area contributed by atoms with Crippen LogP contribution in [0.25, 0.3) is 0 Å². The minimum absolute atomic E-state index is 0.0580. The predicted molar refractivity (Wildman–Crippen MR) is 47.1 cm³/mol. The lowest BCUT2D eigenvalue weighted by molar-refractivity contribution is 0.301. The first kappa shape index (κ1) is 7.74. The maximum atomic E-state index is 5.86. The highest BCUT2D eigenvalue weighted by molar-refractivity contribution is 6.20. The highest BCUT2D eigenvalue weighted by Gasteiger charge is 2.14. The highest BCUT2D eigenvalue weighted by atomic mass is 35.5. The Morgan fingerprint density at radius 1 is 1.08 bits per heavy atom. The van der Waals surface area contributed by atoms with Crippen molar-refractivity contribution in [3.05, 3.63) is 24.3 Å². The van der Waals surface area contributed by atoms with Crippen LogP contribution >= 0.6 is 11.6 Å². The smallest absolute Gasteiger partial charge is 0.161 e. The van der Waals surface area contributed by atoms with Gasteiger partial charge in [0.25, 0.3) is 0 Å². The molecule has 0 radical (unpaired) electrons. The van der Waals surface area contributed by atoms with Gasteiger partial charge in [0, 0.05) is 0 Å². The Bertz CT molecular complexity index is 248. The Morgan fingerprint density at radius 3 is 2.08 bits per heavy atom. The van der Waals surface area contributed by atoms with E-state index in [1.807, 2.05) is 24.3 Å². The summed E-state index contributed by atoms with van der Waals surface area (Å²) in [5.41, 5.74) is 0. The number of rotatable bonds is 0. The molecule has 1 heterocycles. The van der Waals surface area contributed by atoms with Crippen molar-refractivity contribution in [2.75, 3.05) is 13.2 Å². The minimum atomic E-state index is -0.0580. The Morgan fingerprint density at radius 2 is 1.58 bits per heavy atom. The molecule has 64 valence electrons. The molecule has 1 aromatic rings. The number of alkyl halides is 1. The van der Waals surface area contributed by atoms with Crippen molar-refractivity contribution in [1.82, 2.24) is 0 Å². The highest BCUT2D eigenvalue weighted by Crippen LogP contribution is 2.28. The van der Waals surface area contributed by atoms with E-state index in [-0.39, 0.29) is 5.38 Å². The first-order valence-corrected chi connectivity index (χ1v) is 4.28. The summed E-state index contributed by atoms with van der Waals surface area (Å²) in [6.45, 7) is 1.02. The maximum absolute atomic E-state index is 5.86. The van der Waals surface area contributed by atoms with E-state index in [2.05, 4.69) is 0 Å². The van der Waals surface area contributed by atoms with Gasteiger partial charge in [-0.3, -0.25) is 0 Å². The van der Waals surface area contributed by atoms with Gasteiger partial charge in [-0.25, -0.2) is 0 Å². The summed E-state index contributed by atoms with van der Waals surface area (Å²) in [5.74, 6) is 1.56. The summed E-state index contributed by atoms with van der Waals surface area (Å²) in [6, 6.07) is 7.59. The largest absolute Gasteiger partial charge is 0.488 e. The van der Waals surface area contributed by atoms with Crippen LogP contribution < -0.4 is 9.47 Å². The molecule has 2 rings (SSSR count). The molecule has 3 heteroatoms. The van der Waals surface area contributed by atoms with E-state index in [0.29, 0.717) is 13.2 Å². The summed E-state index contributed by atoms with van der Waals surface area (Å²) in [7, 11) is 0. The Balaban J connectivity index is 2.26. The second-order valence-corrected chi connectivity index (χ2v) is 3.28. The van der Waals surface area contributed by atoms with Crippen LogP contribution in [0.3, 0.4) is 0 Å². The SMILES string of the molecule is ClC1COc2ccccc2OC1. The lowest BCUT2D eigenvalue weighted by Crippen LogP contribution is -2.16. The third kappa shape index (κ3) is 1.48. The summed E-state index contributed by atoms with van der Waals surface area (Å²) in [4.78, 5) is 0. The third-order valence-electron chi connectivity index (χ3n) is 1.69. The van der Waals surface area contributed by atoms with Crippen LogP contribution in [-0.2, 0) is 0 Å². The van der Waals surface area contributed by atoms with Crippen molar-refractivity contribution in [2.24, 2.45) is 0 Å². The number of fused-ring (bicyclic) bond motifs is 1. The molecule has 1 aliphatic heterocycles. The molecule has 0 N–H and O–H groups in total. The van der Waals surface area contributed by atoms with Crippen LogP contribution in [0.5, 0.6) is 11.5 Å². The van der Waals surface area contributed by atoms with Crippen LogP contribution in [0.15, 0.2) is 24.3 Å². The molecule has 2 nitrogen and oxygen atoms in total. The van der Waals surface area contributed by atoms with E-state index in [0.717, 1.165) is 11.5 Å². The molecular formula is C9H9ClO2. The van der Waals surface area contributed by atoms with Gasteiger partial charge in [0.1, 0.15) is 18.6 Å². The molecular weight excluding hydrogens is 176 g/mol. The molecule has 0 aromatic heterocycles. The molecule has 1 aromatic carbocycles. The monoisotopic (exact) mass is 184 g/mol. The van der Waals surface area contributed by atoms with Gasteiger partial charge < -0.3 is 9.47 Å². The van der Waals surface area contributed by atoms with Crippen LogP contribution in [-0.4, -0.2) is 18.6 Å². The van der Waals surface area contributed by atoms with Crippen molar-refractivity contribution in [1.29, 1.82) is 0 Å². The summed E-state index contributed by atoms with van der Waals surface area (Å²) >= 11 is 5.86. The van der Waals surface area contributed by atoms with Crippen molar-refractivity contribution in [2.45, 2.75) is 5.38 Å². The molecule has 0 unspecified atom stereocenters. The fourth-order valence-corrected chi connectivity index (χ4v) is 1.22. The predicted octanol–water partition coefficient (Wildman–Crippen LogP) is 2.07. The average Bonchev–Trinajstić information content (AvgIpc) is 2.29. The minimum Gasteiger partial charge on any atom is -0.488 e. The zero-order valence-corrected chi connectivity index (χ0v) is 7.25. The van der Waals surface area contributed by atoms with Gasteiger partial charge in [0.2, 0.25) is 0 Å². The Hall–Kier alpha value is -0.890. The van der Waals surface area contributed by atoms with Gasteiger partial charge in [-0.1, -0.05) is 12.1 Å². The summed E-state index contributed by atoms with van der Waals surface area (Å²) in [6.07, 6.45) is 0. The van der Waals surface area contributed by atoms with Crippen molar-refractivity contribution >= 4 is 11.6 Å². The number of ether oxygens (including phenoxy) is 2. The fraction of sp³-hybridized carbons (Fsp3) is 0.333. The van der Waals surface area contributed by atoms with Gasteiger partial charge in [0.05, 0.1) is 0 Å². The van der Waals surface area contributed by atoms with Crippen LogP contribution in [0.2, 0.25) is 0 Å². The molecule has 0 amide bonds. The zero-order chi connectivity index (χ0) is 8.39. The topological polar surface area (TPSA) is 18.5 Å². The summed E-state index contributed by atoms with van der Waals surface area (Å²) < 4.78 is 10.8. The molecule has 0 bridgehead atoms. The number of hydrogen-bond donors (Lipinski definition) is 0. The third-order valence-corrected chi connectivity index (χ3v) is 1.94. The van der Waals surface area contributed by atoms with Crippen LogP contribution in [0, 0.1) is 0 Å². The first-order valence-electron chi connectivity index (χ1n) is 3.85. The molecule has 0 saturated carbocycles. The standard InChI is InChI=1S/C9H9ClO2/c10-7-5-11-8-3-1-2-4-9(8)12-6-7/h1-4,7H,5-6H2. The fourth-order valence-electron chi connectivity index (χ4n) is 1.10. The second kappa shape index (κ2) is 3.23. The van der Waals surface area contributed by atoms with Gasteiger partial charge in [0.15, 0.2) is 11.5 Å². The van der Waals surface area contributed by atoms with E-state index in [4.69, 9.17) is 21.1 Å². The Kier molecular flexibility index (Phi) is 2.09. The number of benzene rings is 1. The first-order chi connectivity index (χ1) is 5.86. The number of hydrogen-bond acceptors (Lipinski definition) is 2. The molecule has 0 spiro atoms. The van der Waals surface area contributed by atoms with E-state index in [1.165, 1.54) is 0 Å². The van der Waals surface area contributed by atoms with Gasteiger partial charge >= 0.3 is 0 Å². The molecule has 0 aliphatic carbocycles. The van der Waals surface area contributed by atoms with Gasteiger partial charge in [-0.15, -0.1) is 11.6 Å². The number of halogens is 1. The van der Waals surface area contributed by atoms with E-state index in [9.17, 15) is 0 Å². The summed E-state index contributed by atoms with van der Waals surface area (Å²) in [5, 5.41) is -0.0580. The second-order valence-electron chi connectivity index (χ2n) is 2.67. The molecule has 0 fully saturated rings. The van der Waals surface area contributed by atoms with E-state index >= 15 is 0 Å². The van der Waals surface area contributed by atoms with Crippen molar-refractivity contribution < 1.29 is 9.47 Å². The molecule has 0 atom stereocenters. The van der Waals surface area contributed by atoms with Crippen LogP contribution in [0.4, 0.5) is 0 Å². The quantitative estimate of drug-likeness (QED) is 0.575. The van der Waals surface area contributed by atoms with Gasteiger partial charge in [-0.2, -0.15) is 0 Å². The van der Waals surface area contributed by atoms with E-state index < -0.39 is 0 Å². The lowest BCUT2D eigenvalue weighted by atomic mass is 10.3. The van der Waals surface area contributed by atoms with Crippen LogP contribution in [0.1, 0.15) is 0 Å².